The lowest BCUT2D eigenvalue weighted by atomic mass is 10.3. The van der Waals surface area contributed by atoms with Crippen LogP contribution in [-0.4, -0.2) is 21.1 Å². The van der Waals surface area contributed by atoms with Crippen molar-refractivity contribution in [2.75, 3.05) is 11.9 Å². The van der Waals surface area contributed by atoms with Gasteiger partial charge in [0.05, 0.1) is 24.6 Å². The largest absolute Gasteiger partial charge is 0.369 e. The van der Waals surface area contributed by atoms with Gasteiger partial charge in [0.2, 0.25) is 0 Å². The molecule has 1 N–H and O–H groups in total. The molecule has 0 aliphatic heterocycles. The van der Waals surface area contributed by atoms with Crippen LogP contribution in [0.25, 0.3) is 0 Å². The Morgan fingerprint density at radius 1 is 1.32 bits per heavy atom. The van der Waals surface area contributed by atoms with Crippen molar-refractivity contribution in [2.45, 2.75) is 33.7 Å². The molecule has 0 bridgehead atoms. The van der Waals surface area contributed by atoms with Gasteiger partial charge in [-0.15, -0.1) is 0 Å². The van der Waals surface area contributed by atoms with Crippen LogP contribution < -0.4 is 10.2 Å². The molecule has 0 amide bonds. The standard InChI is InChI=1S/C13H18N4OS/c1-4-5-14-12-7-15-11(6-16-12)8-17-9(2)10(3)19-13(17)18/h6-7H,4-5,8H2,1-3H3,(H,14,16). The molecule has 102 valence electrons. The predicted octanol–water partition coefficient (Wildman–Crippen LogP) is 2.19. The van der Waals surface area contributed by atoms with E-state index in [-0.39, 0.29) is 4.87 Å². The maximum Gasteiger partial charge on any atom is 0.307 e. The summed E-state index contributed by atoms with van der Waals surface area (Å²) in [5, 5.41) is 3.17. The lowest BCUT2D eigenvalue weighted by Gasteiger charge is -2.06. The summed E-state index contributed by atoms with van der Waals surface area (Å²) in [7, 11) is 0. The van der Waals surface area contributed by atoms with Crippen LogP contribution in [0.3, 0.4) is 0 Å². The Hall–Kier alpha value is -1.69. The Morgan fingerprint density at radius 2 is 2.11 bits per heavy atom. The number of nitrogens with zero attached hydrogens (tertiary/aromatic N) is 3. The summed E-state index contributed by atoms with van der Waals surface area (Å²) < 4.78 is 1.74. The molecule has 0 radical (unpaired) electrons. The Labute approximate surface area is 116 Å². The predicted molar refractivity (Wildman–Crippen MR) is 78.0 cm³/mol. The van der Waals surface area contributed by atoms with Crippen LogP contribution in [-0.2, 0) is 6.54 Å². The minimum absolute atomic E-state index is 0.0602. The molecule has 0 unspecified atom stereocenters. The van der Waals surface area contributed by atoms with E-state index in [1.807, 2.05) is 13.8 Å². The molecule has 0 spiro atoms. The molecule has 0 atom stereocenters. The highest BCUT2D eigenvalue weighted by Crippen LogP contribution is 2.11. The molecular formula is C13H18N4OS. The first-order valence-corrected chi connectivity index (χ1v) is 7.15. The van der Waals surface area contributed by atoms with Gasteiger partial charge in [-0.1, -0.05) is 18.3 Å². The van der Waals surface area contributed by atoms with Gasteiger partial charge < -0.3 is 5.32 Å². The molecule has 2 heterocycles. The van der Waals surface area contributed by atoms with E-state index in [0.717, 1.165) is 35.0 Å². The van der Waals surface area contributed by atoms with E-state index in [4.69, 9.17) is 0 Å². The quantitative estimate of drug-likeness (QED) is 0.910. The van der Waals surface area contributed by atoms with E-state index in [2.05, 4.69) is 22.2 Å². The number of hydrogen-bond donors (Lipinski definition) is 1. The summed E-state index contributed by atoms with van der Waals surface area (Å²) in [6, 6.07) is 0. The van der Waals surface area contributed by atoms with E-state index >= 15 is 0 Å². The highest BCUT2D eigenvalue weighted by Gasteiger charge is 2.08. The average molecular weight is 278 g/mol. The number of rotatable bonds is 5. The third-order valence-corrected chi connectivity index (χ3v) is 3.95. The Morgan fingerprint density at radius 3 is 2.63 bits per heavy atom. The van der Waals surface area contributed by atoms with Crippen molar-refractivity contribution in [3.63, 3.8) is 0 Å². The maximum absolute atomic E-state index is 11.8. The highest BCUT2D eigenvalue weighted by molar-refractivity contribution is 7.09. The van der Waals surface area contributed by atoms with Crippen molar-refractivity contribution in [3.8, 4) is 0 Å². The van der Waals surface area contributed by atoms with E-state index in [9.17, 15) is 4.79 Å². The van der Waals surface area contributed by atoms with Gasteiger partial charge in [0, 0.05) is 17.1 Å². The molecule has 0 aliphatic rings. The van der Waals surface area contributed by atoms with Crippen molar-refractivity contribution in [2.24, 2.45) is 0 Å². The number of aromatic nitrogens is 3. The lowest BCUT2D eigenvalue weighted by Crippen LogP contribution is -2.16. The number of nitrogens with one attached hydrogen (secondary N) is 1. The van der Waals surface area contributed by atoms with Crippen LogP contribution in [0.4, 0.5) is 5.82 Å². The van der Waals surface area contributed by atoms with Crippen molar-refractivity contribution < 1.29 is 0 Å². The normalized spacial score (nSPS) is 10.7. The van der Waals surface area contributed by atoms with Crippen molar-refractivity contribution in [1.29, 1.82) is 0 Å². The molecular weight excluding hydrogens is 260 g/mol. The van der Waals surface area contributed by atoms with Crippen LogP contribution in [0, 0.1) is 13.8 Å². The monoisotopic (exact) mass is 278 g/mol. The van der Waals surface area contributed by atoms with Gasteiger partial charge in [-0.25, -0.2) is 4.98 Å². The summed E-state index contributed by atoms with van der Waals surface area (Å²) in [6.45, 7) is 7.38. The Balaban J connectivity index is 2.13. The maximum atomic E-state index is 11.8. The van der Waals surface area contributed by atoms with Gasteiger partial charge in [0.15, 0.2) is 0 Å². The molecule has 0 saturated carbocycles. The molecule has 6 heteroatoms. The zero-order valence-corrected chi connectivity index (χ0v) is 12.3. The lowest BCUT2D eigenvalue weighted by molar-refractivity contribution is 0.728. The smallest absolute Gasteiger partial charge is 0.307 e. The fourth-order valence-electron chi connectivity index (χ4n) is 1.71. The molecule has 19 heavy (non-hydrogen) atoms. The second-order valence-corrected chi connectivity index (χ2v) is 5.58. The molecule has 2 aromatic heterocycles. The fourth-order valence-corrected chi connectivity index (χ4v) is 2.54. The van der Waals surface area contributed by atoms with Gasteiger partial charge >= 0.3 is 4.87 Å². The molecule has 0 aromatic carbocycles. The second-order valence-electron chi connectivity index (χ2n) is 4.42. The van der Waals surface area contributed by atoms with E-state index in [1.165, 1.54) is 11.3 Å². The minimum atomic E-state index is 0.0602. The molecule has 0 aliphatic carbocycles. The van der Waals surface area contributed by atoms with Crippen molar-refractivity contribution in [3.05, 3.63) is 38.3 Å². The molecule has 2 rings (SSSR count). The number of hydrogen-bond acceptors (Lipinski definition) is 5. The first-order valence-electron chi connectivity index (χ1n) is 6.33. The fraction of sp³-hybridized carbons (Fsp3) is 0.462. The van der Waals surface area contributed by atoms with Gasteiger partial charge in [-0.3, -0.25) is 14.3 Å². The Bertz CT molecular complexity index is 600. The SMILES string of the molecule is CCCNc1cnc(Cn2c(C)c(C)sc2=O)cn1. The van der Waals surface area contributed by atoms with E-state index in [0.29, 0.717) is 6.54 Å². The van der Waals surface area contributed by atoms with Gasteiger partial charge in [-0.05, 0) is 20.3 Å². The molecule has 0 fully saturated rings. The summed E-state index contributed by atoms with van der Waals surface area (Å²) in [5.74, 6) is 0.774. The Kier molecular flexibility index (Phi) is 4.31. The first kappa shape index (κ1) is 13.7. The van der Waals surface area contributed by atoms with E-state index in [1.54, 1.807) is 17.0 Å². The number of aryl methyl sites for hydroxylation is 1. The van der Waals surface area contributed by atoms with Gasteiger partial charge in [0.25, 0.3) is 0 Å². The third kappa shape index (κ3) is 3.20. The molecule has 0 saturated heterocycles. The minimum Gasteiger partial charge on any atom is -0.369 e. The topological polar surface area (TPSA) is 59.8 Å². The zero-order chi connectivity index (χ0) is 13.8. The van der Waals surface area contributed by atoms with Crippen LogP contribution in [0.2, 0.25) is 0 Å². The van der Waals surface area contributed by atoms with E-state index < -0.39 is 0 Å². The molecule has 2 aromatic rings. The zero-order valence-electron chi connectivity index (χ0n) is 11.4. The molecule has 5 nitrogen and oxygen atoms in total. The van der Waals surface area contributed by atoms with Crippen LogP contribution >= 0.6 is 11.3 Å². The summed E-state index contributed by atoms with van der Waals surface area (Å²) >= 11 is 1.28. The highest BCUT2D eigenvalue weighted by atomic mass is 32.1. The van der Waals surface area contributed by atoms with Crippen LogP contribution in [0.15, 0.2) is 17.2 Å². The van der Waals surface area contributed by atoms with Crippen LogP contribution in [0.5, 0.6) is 0 Å². The summed E-state index contributed by atoms with van der Waals surface area (Å²) in [5.41, 5.74) is 1.80. The third-order valence-electron chi connectivity index (χ3n) is 2.96. The van der Waals surface area contributed by atoms with Crippen LogP contribution in [0.1, 0.15) is 29.6 Å². The first-order chi connectivity index (χ1) is 9.11. The number of anilines is 1. The van der Waals surface area contributed by atoms with Crippen molar-refractivity contribution in [1.82, 2.24) is 14.5 Å². The van der Waals surface area contributed by atoms with Crippen molar-refractivity contribution >= 4 is 17.2 Å². The summed E-state index contributed by atoms with van der Waals surface area (Å²) in [6.07, 6.45) is 4.48. The number of thiazole rings is 1. The summed E-state index contributed by atoms with van der Waals surface area (Å²) in [4.78, 5) is 21.5. The second kappa shape index (κ2) is 5.97. The average Bonchev–Trinajstić information content (AvgIpc) is 2.64. The van der Waals surface area contributed by atoms with Gasteiger partial charge in [0.1, 0.15) is 5.82 Å². The van der Waals surface area contributed by atoms with Gasteiger partial charge in [-0.2, -0.15) is 0 Å².